The first-order valence-electron chi connectivity index (χ1n) is 5.07. The maximum Gasteiger partial charge on any atom is 0.317 e. The predicted octanol–water partition coefficient (Wildman–Crippen LogP) is 2.27. The molecule has 0 spiro atoms. The molecule has 5 nitrogen and oxygen atoms in total. The van der Waals surface area contributed by atoms with Gasteiger partial charge < -0.3 is 4.74 Å². The molecule has 2 atom stereocenters. The van der Waals surface area contributed by atoms with Crippen LogP contribution in [0.25, 0.3) is 0 Å². The average Bonchev–Trinajstić information content (AvgIpc) is 2.22. The lowest BCUT2D eigenvalue weighted by atomic mass is 9.85. The van der Waals surface area contributed by atoms with Gasteiger partial charge in [0.2, 0.25) is 0 Å². The SMILES string of the molecule is CCOC(=O)C1CC(C)=CCC1(Br)[N+](=O)[O-]. The Morgan fingerprint density at radius 3 is 2.94 bits per heavy atom. The topological polar surface area (TPSA) is 69.4 Å². The van der Waals surface area contributed by atoms with Gasteiger partial charge in [0.1, 0.15) is 5.92 Å². The summed E-state index contributed by atoms with van der Waals surface area (Å²) in [5.74, 6) is -1.27. The number of allylic oxidation sites excluding steroid dienone is 1. The molecule has 0 aromatic rings. The zero-order chi connectivity index (χ0) is 12.3. The van der Waals surface area contributed by atoms with Crippen LogP contribution in [0, 0.1) is 16.0 Å². The normalized spacial score (nSPS) is 29.4. The fourth-order valence-corrected chi connectivity index (χ4v) is 2.24. The van der Waals surface area contributed by atoms with Gasteiger partial charge in [0, 0.05) is 27.3 Å². The summed E-state index contributed by atoms with van der Waals surface area (Å²) < 4.78 is 3.46. The third-order valence-electron chi connectivity index (χ3n) is 2.67. The molecular weight excluding hydrogens is 278 g/mol. The van der Waals surface area contributed by atoms with Gasteiger partial charge in [-0.05, 0) is 20.3 Å². The van der Waals surface area contributed by atoms with E-state index in [1.807, 2.05) is 6.92 Å². The van der Waals surface area contributed by atoms with Crippen LogP contribution < -0.4 is 0 Å². The number of hydrogen-bond donors (Lipinski definition) is 0. The molecule has 1 aliphatic rings. The average molecular weight is 292 g/mol. The number of ether oxygens (including phenoxy) is 1. The van der Waals surface area contributed by atoms with Crippen LogP contribution in [0.4, 0.5) is 0 Å². The van der Waals surface area contributed by atoms with Gasteiger partial charge in [0.05, 0.1) is 6.61 Å². The van der Waals surface area contributed by atoms with E-state index in [1.165, 1.54) is 0 Å². The number of halogens is 1. The monoisotopic (exact) mass is 291 g/mol. The zero-order valence-corrected chi connectivity index (χ0v) is 10.8. The van der Waals surface area contributed by atoms with Crippen LogP contribution in [0.2, 0.25) is 0 Å². The Morgan fingerprint density at radius 2 is 2.44 bits per heavy atom. The van der Waals surface area contributed by atoms with Crippen molar-refractivity contribution in [3.8, 4) is 0 Å². The number of carbonyl (C=O) groups is 1. The van der Waals surface area contributed by atoms with Crippen LogP contribution in [0.1, 0.15) is 26.7 Å². The van der Waals surface area contributed by atoms with Crippen molar-refractivity contribution in [2.24, 2.45) is 5.92 Å². The first-order chi connectivity index (χ1) is 7.41. The molecule has 0 fully saturated rings. The van der Waals surface area contributed by atoms with Crippen molar-refractivity contribution in [2.75, 3.05) is 6.61 Å². The summed E-state index contributed by atoms with van der Waals surface area (Å²) in [6, 6.07) is 0. The van der Waals surface area contributed by atoms with Crippen molar-refractivity contribution in [1.29, 1.82) is 0 Å². The van der Waals surface area contributed by atoms with Gasteiger partial charge in [-0.15, -0.1) is 0 Å². The minimum Gasteiger partial charge on any atom is -0.466 e. The fourth-order valence-electron chi connectivity index (χ4n) is 1.73. The van der Waals surface area contributed by atoms with Gasteiger partial charge in [0.25, 0.3) is 4.45 Å². The van der Waals surface area contributed by atoms with Crippen molar-refractivity contribution in [1.82, 2.24) is 0 Å². The smallest absolute Gasteiger partial charge is 0.317 e. The van der Waals surface area contributed by atoms with Gasteiger partial charge in [-0.25, -0.2) is 0 Å². The summed E-state index contributed by atoms with van der Waals surface area (Å²) in [6.07, 6.45) is 2.35. The second-order valence-electron chi connectivity index (χ2n) is 3.84. The maximum atomic E-state index is 11.7. The number of rotatable bonds is 3. The molecule has 0 aromatic heterocycles. The largest absolute Gasteiger partial charge is 0.466 e. The molecule has 0 saturated carbocycles. The Kier molecular flexibility index (Phi) is 4.07. The van der Waals surface area contributed by atoms with E-state index >= 15 is 0 Å². The summed E-state index contributed by atoms with van der Waals surface area (Å²) in [7, 11) is 0. The van der Waals surface area contributed by atoms with Crippen LogP contribution in [-0.2, 0) is 9.53 Å². The Balaban J connectivity index is 2.97. The highest BCUT2D eigenvalue weighted by Gasteiger charge is 2.53. The highest BCUT2D eigenvalue weighted by Crippen LogP contribution is 2.41. The van der Waals surface area contributed by atoms with E-state index in [9.17, 15) is 14.9 Å². The lowest BCUT2D eigenvalue weighted by Crippen LogP contribution is -2.46. The molecule has 0 amide bonds. The van der Waals surface area contributed by atoms with E-state index < -0.39 is 21.3 Å². The third-order valence-corrected chi connectivity index (χ3v) is 3.84. The van der Waals surface area contributed by atoms with E-state index in [-0.39, 0.29) is 13.0 Å². The van der Waals surface area contributed by atoms with Gasteiger partial charge in [0.15, 0.2) is 0 Å². The predicted molar refractivity (Wildman–Crippen MR) is 61.8 cm³/mol. The van der Waals surface area contributed by atoms with Crippen LogP contribution in [-0.4, -0.2) is 21.9 Å². The van der Waals surface area contributed by atoms with Gasteiger partial charge in [-0.1, -0.05) is 11.6 Å². The van der Waals surface area contributed by atoms with Gasteiger partial charge in [-0.2, -0.15) is 0 Å². The molecule has 6 heteroatoms. The minimum absolute atomic E-state index is 0.204. The Labute approximate surface area is 102 Å². The molecule has 2 unspecified atom stereocenters. The first-order valence-corrected chi connectivity index (χ1v) is 5.86. The Hall–Kier alpha value is -0.910. The van der Waals surface area contributed by atoms with Crippen LogP contribution in [0.5, 0.6) is 0 Å². The summed E-state index contributed by atoms with van der Waals surface area (Å²) in [4.78, 5) is 22.3. The number of esters is 1. The second kappa shape index (κ2) is 4.95. The molecule has 0 radical (unpaired) electrons. The van der Waals surface area contributed by atoms with E-state index in [2.05, 4.69) is 15.9 Å². The molecule has 0 aromatic carbocycles. The van der Waals surface area contributed by atoms with Crippen LogP contribution >= 0.6 is 15.9 Å². The van der Waals surface area contributed by atoms with E-state index in [0.717, 1.165) is 5.57 Å². The first kappa shape index (κ1) is 13.2. The van der Waals surface area contributed by atoms with E-state index in [4.69, 9.17) is 4.74 Å². The Morgan fingerprint density at radius 1 is 1.81 bits per heavy atom. The molecule has 1 rings (SSSR count). The summed E-state index contributed by atoms with van der Waals surface area (Å²) >= 11 is 3.08. The highest BCUT2D eigenvalue weighted by molar-refractivity contribution is 9.10. The maximum absolute atomic E-state index is 11.7. The molecule has 0 heterocycles. The Bertz CT molecular complexity index is 342. The van der Waals surface area contributed by atoms with Crippen molar-refractivity contribution in [3.05, 3.63) is 21.8 Å². The number of alkyl halides is 1. The molecule has 0 saturated heterocycles. The lowest BCUT2D eigenvalue weighted by Gasteiger charge is -2.29. The molecular formula is C10H14BrNO4. The molecule has 16 heavy (non-hydrogen) atoms. The van der Waals surface area contributed by atoms with Crippen LogP contribution in [0.3, 0.4) is 0 Å². The number of nitrogens with zero attached hydrogens (tertiary/aromatic N) is 1. The van der Waals surface area contributed by atoms with Gasteiger partial charge >= 0.3 is 5.97 Å². The second-order valence-corrected chi connectivity index (χ2v) is 5.21. The van der Waals surface area contributed by atoms with Gasteiger partial charge in [-0.3, -0.25) is 14.9 Å². The lowest BCUT2D eigenvalue weighted by molar-refractivity contribution is -0.543. The van der Waals surface area contributed by atoms with Crippen molar-refractivity contribution in [2.45, 2.75) is 31.1 Å². The highest BCUT2D eigenvalue weighted by atomic mass is 79.9. The summed E-state index contributed by atoms with van der Waals surface area (Å²) in [5.41, 5.74) is 0.981. The molecule has 0 aliphatic heterocycles. The third kappa shape index (κ3) is 2.42. The number of carbonyl (C=O) groups excluding carboxylic acids is 1. The van der Waals surface area contributed by atoms with Crippen molar-refractivity contribution in [3.63, 3.8) is 0 Å². The number of nitro groups is 1. The number of hydrogen-bond acceptors (Lipinski definition) is 4. The molecule has 1 aliphatic carbocycles. The summed E-state index contributed by atoms with van der Waals surface area (Å²) in [6.45, 7) is 3.78. The molecule has 90 valence electrons. The quantitative estimate of drug-likeness (QED) is 0.200. The molecule has 0 bridgehead atoms. The standard InChI is InChI=1S/C10H14BrNO4/c1-3-16-9(13)8-6-7(2)4-5-10(8,11)12(14)15/h4,8H,3,5-6H2,1-2H3. The van der Waals surface area contributed by atoms with E-state index in [0.29, 0.717) is 6.42 Å². The fraction of sp³-hybridized carbons (Fsp3) is 0.700. The minimum atomic E-state index is -1.42. The molecule has 0 N–H and O–H groups in total. The van der Waals surface area contributed by atoms with E-state index in [1.54, 1.807) is 13.0 Å². The van der Waals surface area contributed by atoms with Crippen molar-refractivity contribution >= 4 is 21.9 Å². The van der Waals surface area contributed by atoms with Crippen LogP contribution in [0.15, 0.2) is 11.6 Å². The summed E-state index contributed by atoms with van der Waals surface area (Å²) in [5, 5.41) is 11.0. The van der Waals surface area contributed by atoms with Crippen molar-refractivity contribution < 1.29 is 14.5 Å². The zero-order valence-electron chi connectivity index (χ0n) is 9.23.